The molecule has 0 aromatic carbocycles. The van der Waals surface area contributed by atoms with Gasteiger partial charge in [-0.15, -0.1) is 0 Å². The highest BCUT2D eigenvalue weighted by molar-refractivity contribution is 7.90. The zero-order valence-corrected chi connectivity index (χ0v) is 11.7. The maximum Gasteiger partial charge on any atom is 0.419 e. The van der Waals surface area contributed by atoms with Crippen LogP contribution in [0, 0.1) is 0 Å². The summed E-state index contributed by atoms with van der Waals surface area (Å²) in [5.41, 5.74) is -1.38. The summed E-state index contributed by atoms with van der Waals surface area (Å²) in [7, 11) is -4.40. The van der Waals surface area contributed by atoms with Gasteiger partial charge in [-0.25, -0.2) is 18.1 Å². The largest absolute Gasteiger partial charge is 0.419 e. The minimum atomic E-state index is -4.84. The quantitative estimate of drug-likeness (QED) is 0.860. The van der Waals surface area contributed by atoms with E-state index in [1.54, 1.807) is 11.6 Å². The van der Waals surface area contributed by atoms with Crippen LogP contribution in [0.3, 0.4) is 0 Å². The van der Waals surface area contributed by atoms with Crippen LogP contribution in [0.4, 0.5) is 13.2 Å². The van der Waals surface area contributed by atoms with Crippen molar-refractivity contribution < 1.29 is 26.4 Å². The smallest absolute Gasteiger partial charge is 0.274 e. The predicted octanol–water partition coefficient (Wildman–Crippen LogP) is 2.36. The number of hydrogen-bond acceptors (Lipinski definition) is 4. The van der Waals surface area contributed by atoms with Gasteiger partial charge in [0.1, 0.15) is 10.0 Å². The summed E-state index contributed by atoms with van der Waals surface area (Å²) in [4.78, 5) is 13.6. The zero-order chi connectivity index (χ0) is 15.6. The van der Waals surface area contributed by atoms with Gasteiger partial charge < -0.3 is 0 Å². The molecule has 0 bridgehead atoms. The molecule has 1 N–H and O–H groups in total. The number of amides is 1. The topological polar surface area (TPSA) is 76.1 Å². The van der Waals surface area contributed by atoms with Gasteiger partial charge in [-0.2, -0.15) is 13.2 Å². The first kappa shape index (κ1) is 16.7. The van der Waals surface area contributed by atoms with Gasteiger partial charge in [0.05, 0.1) is 5.56 Å². The van der Waals surface area contributed by atoms with Gasteiger partial charge >= 0.3 is 6.18 Å². The number of sulfonamides is 1. The second kappa shape index (κ2) is 5.96. The summed E-state index contributed by atoms with van der Waals surface area (Å²) < 4.78 is 62.9. The number of carbonyl (C=O) groups excluding carboxylic acids is 1. The minimum absolute atomic E-state index is 0.0631. The molecule has 112 valence electrons. The van der Waals surface area contributed by atoms with Crippen molar-refractivity contribution in [2.45, 2.75) is 30.8 Å². The third-order valence-corrected chi connectivity index (χ3v) is 3.80. The summed E-state index contributed by atoms with van der Waals surface area (Å²) in [6, 6.07) is 0.330. The molecule has 10 heteroatoms. The number of halogens is 4. The number of carbonyl (C=O) groups is 1. The van der Waals surface area contributed by atoms with E-state index in [2.05, 4.69) is 4.98 Å². The Morgan fingerprint density at radius 3 is 2.55 bits per heavy atom. The van der Waals surface area contributed by atoms with E-state index in [0.717, 1.165) is 0 Å². The van der Waals surface area contributed by atoms with Crippen LogP contribution < -0.4 is 4.72 Å². The molecule has 1 amide bonds. The molecule has 0 aliphatic carbocycles. The highest BCUT2D eigenvalue weighted by atomic mass is 35.5. The highest BCUT2D eigenvalue weighted by Gasteiger charge is 2.35. The van der Waals surface area contributed by atoms with Crippen molar-refractivity contribution in [1.29, 1.82) is 0 Å². The lowest BCUT2D eigenvalue weighted by Gasteiger charge is -2.11. The summed E-state index contributed by atoms with van der Waals surface area (Å²) in [6.07, 6.45) is -3.86. The van der Waals surface area contributed by atoms with E-state index >= 15 is 0 Å². The Labute approximate surface area is 118 Å². The second-order valence-electron chi connectivity index (χ2n) is 3.79. The lowest BCUT2D eigenvalue weighted by Crippen LogP contribution is -2.30. The van der Waals surface area contributed by atoms with Crippen LogP contribution >= 0.6 is 11.6 Å². The van der Waals surface area contributed by atoms with Crippen molar-refractivity contribution in [3.63, 3.8) is 0 Å². The first-order valence-corrected chi connectivity index (χ1v) is 7.22. The number of alkyl halides is 3. The van der Waals surface area contributed by atoms with Crippen LogP contribution in [0.1, 0.15) is 25.3 Å². The van der Waals surface area contributed by atoms with Crippen LogP contribution in [-0.2, 0) is 21.0 Å². The van der Waals surface area contributed by atoms with Gasteiger partial charge in [0.15, 0.2) is 0 Å². The molecule has 0 unspecified atom stereocenters. The van der Waals surface area contributed by atoms with E-state index in [4.69, 9.17) is 11.6 Å². The molecule has 0 saturated heterocycles. The Morgan fingerprint density at radius 2 is 2.05 bits per heavy atom. The van der Waals surface area contributed by atoms with E-state index in [9.17, 15) is 26.4 Å². The van der Waals surface area contributed by atoms with E-state index in [1.807, 2.05) is 0 Å². The van der Waals surface area contributed by atoms with Crippen LogP contribution in [-0.4, -0.2) is 19.3 Å². The number of nitrogens with zero attached hydrogens (tertiary/aromatic N) is 1. The van der Waals surface area contributed by atoms with Gasteiger partial charge in [0, 0.05) is 12.6 Å². The van der Waals surface area contributed by atoms with Crippen molar-refractivity contribution in [2.75, 3.05) is 0 Å². The molecular formula is C10H10ClF3N2O3S. The van der Waals surface area contributed by atoms with Gasteiger partial charge in [0.2, 0.25) is 5.91 Å². The molecular weight excluding hydrogens is 321 g/mol. The number of pyridine rings is 1. The van der Waals surface area contributed by atoms with Gasteiger partial charge in [-0.05, 0) is 12.5 Å². The SMILES string of the molecule is CCCC(=O)NS(=O)(=O)c1cnc(Cl)c(C(F)(F)F)c1. The average molecular weight is 331 g/mol. The van der Waals surface area contributed by atoms with Gasteiger partial charge in [0.25, 0.3) is 10.0 Å². The second-order valence-corrected chi connectivity index (χ2v) is 5.83. The van der Waals surface area contributed by atoms with Crippen LogP contribution in [0.15, 0.2) is 17.2 Å². The van der Waals surface area contributed by atoms with Crippen LogP contribution in [0.2, 0.25) is 5.15 Å². The lowest BCUT2D eigenvalue weighted by molar-refractivity contribution is -0.137. The molecule has 0 aliphatic rings. The fourth-order valence-electron chi connectivity index (χ4n) is 1.26. The fourth-order valence-corrected chi connectivity index (χ4v) is 2.46. The summed E-state index contributed by atoms with van der Waals surface area (Å²) in [6.45, 7) is 1.65. The van der Waals surface area contributed by atoms with Crippen molar-refractivity contribution >= 4 is 27.5 Å². The normalized spacial score (nSPS) is 12.2. The minimum Gasteiger partial charge on any atom is -0.274 e. The zero-order valence-electron chi connectivity index (χ0n) is 10.2. The van der Waals surface area contributed by atoms with Crippen molar-refractivity contribution in [3.8, 4) is 0 Å². The van der Waals surface area contributed by atoms with E-state index < -0.39 is 37.7 Å². The third kappa shape index (κ3) is 4.07. The van der Waals surface area contributed by atoms with Crippen LogP contribution in [0.25, 0.3) is 0 Å². The van der Waals surface area contributed by atoms with Gasteiger partial charge in [-0.3, -0.25) is 4.79 Å². The van der Waals surface area contributed by atoms with E-state index in [1.165, 1.54) is 0 Å². The molecule has 1 aromatic rings. The number of aromatic nitrogens is 1. The van der Waals surface area contributed by atoms with Crippen LogP contribution in [0.5, 0.6) is 0 Å². The Kier molecular flexibility index (Phi) is 4.98. The summed E-state index contributed by atoms with van der Waals surface area (Å²) >= 11 is 5.27. The number of nitrogens with one attached hydrogen (secondary N) is 1. The predicted molar refractivity (Wildman–Crippen MR) is 64.5 cm³/mol. The molecule has 0 fully saturated rings. The Balaban J connectivity index is 3.17. The Hall–Kier alpha value is -1.35. The standard InChI is InChI=1S/C10H10ClF3N2O3S/c1-2-3-8(17)16-20(18,19)6-4-7(10(12,13)14)9(11)15-5-6/h4-5H,2-3H2,1H3,(H,16,17). The van der Waals surface area contributed by atoms with Crippen molar-refractivity contribution in [3.05, 3.63) is 23.0 Å². The fraction of sp³-hybridized carbons (Fsp3) is 0.400. The molecule has 1 rings (SSSR count). The Morgan fingerprint density at radius 1 is 1.45 bits per heavy atom. The Bertz CT molecular complexity index is 617. The monoisotopic (exact) mass is 330 g/mol. The van der Waals surface area contributed by atoms with Crippen molar-refractivity contribution in [1.82, 2.24) is 9.71 Å². The molecule has 0 saturated carbocycles. The molecule has 0 atom stereocenters. The molecule has 0 spiro atoms. The molecule has 0 radical (unpaired) electrons. The van der Waals surface area contributed by atoms with E-state index in [-0.39, 0.29) is 6.42 Å². The number of rotatable bonds is 4. The molecule has 1 aromatic heterocycles. The molecule has 0 aliphatic heterocycles. The van der Waals surface area contributed by atoms with Crippen molar-refractivity contribution in [2.24, 2.45) is 0 Å². The average Bonchev–Trinajstić information content (AvgIpc) is 2.27. The first-order valence-electron chi connectivity index (χ1n) is 5.36. The summed E-state index contributed by atoms with van der Waals surface area (Å²) in [5.74, 6) is -0.809. The third-order valence-electron chi connectivity index (χ3n) is 2.15. The molecule has 20 heavy (non-hydrogen) atoms. The van der Waals surface area contributed by atoms with E-state index in [0.29, 0.717) is 18.7 Å². The maximum atomic E-state index is 12.6. The van der Waals surface area contributed by atoms with Gasteiger partial charge in [-0.1, -0.05) is 18.5 Å². The lowest BCUT2D eigenvalue weighted by atomic mass is 10.3. The molecule has 1 heterocycles. The first-order chi connectivity index (χ1) is 9.08. The highest BCUT2D eigenvalue weighted by Crippen LogP contribution is 2.34. The molecule has 5 nitrogen and oxygen atoms in total. The number of hydrogen-bond donors (Lipinski definition) is 1. The maximum absolute atomic E-state index is 12.6. The summed E-state index contributed by atoms with van der Waals surface area (Å²) in [5, 5.41) is -0.865.